The zero-order valence-corrected chi connectivity index (χ0v) is 17.6. The molecule has 0 spiro atoms. The Morgan fingerprint density at radius 3 is 2.86 bits per heavy atom. The number of hydrogen-bond donors (Lipinski definition) is 2. The number of aliphatic hydroxyl groups excluding tert-OH is 1. The first kappa shape index (κ1) is 21.6. The largest absolute Gasteiger partial charge is 0.494 e. The Bertz CT molecular complexity index is 828. The topological polar surface area (TPSA) is 61.8 Å². The molecule has 0 unspecified atom stereocenters. The SMILES string of the molecule is CCOc1ccc(NC(=O)CCN2CCC[C@@H]2Cc2ccccc2Cl)cc1CO. The molecule has 0 bridgehead atoms. The second-order valence-electron chi connectivity index (χ2n) is 7.34. The lowest BCUT2D eigenvalue weighted by Gasteiger charge is -2.24. The third kappa shape index (κ3) is 5.95. The molecular formula is C23H29ClN2O3. The van der Waals surface area contributed by atoms with Crippen LogP contribution in [0.3, 0.4) is 0 Å². The van der Waals surface area contributed by atoms with Crippen LogP contribution in [-0.2, 0) is 17.8 Å². The molecule has 2 aromatic carbocycles. The highest BCUT2D eigenvalue weighted by molar-refractivity contribution is 6.31. The van der Waals surface area contributed by atoms with Gasteiger partial charge in [0.2, 0.25) is 5.91 Å². The van der Waals surface area contributed by atoms with E-state index in [1.165, 1.54) is 5.56 Å². The maximum atomic E-state index is 12.4. The Morgan fingerprint density at radius 2 is 2.10 bits per heavy atom. The van der Waals surface area contributed by atoms with Crippen molar-refractivity contribution >= 4 is 23.2 Å². The Hall–Kier alpha value is -2.08. The molecule has 1 amide bonds. The highest BCUT2D eigenvalue weighted by atomic mass is 35.5. The molecule has 1 saturated heterocycles. The number of halogens is 1. The molecule has 1 aliphatic heterocycles. The number of benzene rings is 2. The van der Waals surface area contributed by atoms with Crippen LogP contribution in [0.2, 0.25) is 5.02 Å². The van der Waals surface area contributed by atoms with Crippen molar-refractivity contribution in [3.63, 3.8) is 0 Å². The molecule has 3 rings (SSSR count). The molecule has 6 heteroatoms. The van der Waals surface area contributed by atoms with Gasteiger partial charge in [-0.3, -0.25) is 9.69 Å². The lowest BCUT2D eigenvalue weighted by atomic mass is 10.0. The zero-order valence-electron chi connectivity index (χ0n) is 16.9. The van der Waals surface area contributed by atoms with E-state index in [2.05, 4.69) is 16.3 Å². The van der Waals surface area contributed by atoms with Crippen molar-refractivity contribution in [1.82, 2.24) is 4.90 Å². The summed E-state index contributed by atoms with van der Waals surface area (Å²) in [5.41, 5.74) is 2.52. The highest BCUT2D eigenvalue weighted by Crippen LogP contribution is 2.26. The molecule has 0 radical (unpaired) electrons. The standard InChI is InChI=1S/C23H29ClN2O3/c1-2-29-22-10-9-19(14-18(22)16-27)25-23(28)11-13-26-12-5-7-20(26)15-17-6-3-4-8-21(17)24/h3-4,6,8-10,14,20,27H,2,5,7,11-13,15-16H2,1H3,(H,25,28)/t20-/m1/s1. The van der Waals surface area contributed by atoms with Crippen LogP contribution in [-0.4, -0.2) is 41.7 Å². The summed E-state index contributed by atoms with van der Waals surface area (Å²) in [7, 11) is 0. The second-order valence-corrected chi connectivity index (χ2v) is 7.75. The summed E-state index contributed by atoms with van der Waals surface area (Å²) in [4.78, 5) is 14.8. The number of ether oxygens (including phenoxy) is 1. The molecule has 0 aromatic heterocycles. The Labute approximate surface area is 177 Å². The molecule has 2 aromatic rings. The Balaban J connectivity index is 1.52. The number of nitrogens with zero attached hydrogens (tertiary/aromatic N) is 1. The molecule has 1 atom stereocenters. The van der Waals surface area contributed by atoms with E-state index in [9.17, 15) is 9.90 Å². The van der Waals surface area contributed by atoms with Crippen LogP contribution < -0.4 is 10.1 Å². The molecule has 2 N–H and O–H groups in total. The predicted molar refractivity (Wildman–Crippen MR) is 117 cm³/mol. The molecule has 156 valence electrons. The van der Waals surface area contributed by atoms with E-state index in [4.69, 9.17) is 16.3 Å². The van der Waals surface area contributed by atoms with Gasteiger partial charge in [0.15, 0.2) is 0 Å². The average Bonchev–Trinajstić information content (AvgIpc) is 3.16. The van der Waals surface area contributed by atoms with Gasteiger partial charge in [-0.05, 0) is 62.6 Å². The van der Waals surface area contributed by atoms with Gasteiger partial charge in [0.1, 0.15) is 5.75 Å². The lowest BCUT2D eigenvalue weighted by molar-refractivity contribution is -0.116. The molecule has 1 fully saturated rings. The molecule has 1 aliphatic rings. The summed E-state index contributed by atoms with van der Waals surface area (Å²) >= 11 is 6.31. The van der Waals surface area contributed by atoms with Crippen molar-refractivity contribution < 1.29 is 14.6 Å². The number of likely N-dealkylation sites (tertiary alicyclic amines) is 1. The molecule has 5 nitrogen and oxygen atoms in total. The van der Waals surface area contributed by atoms with Crippen LogP contribution >= 0.6 is 11.6 Å². The Morgan fingerprint density at radius 1 is 1.28 bits per heavy atom. The van der Waals surface area contributed by atoms with Crippen LogP contribution in [0.5, 0.6) is 5.75 Å². The van der Waals surface area contributed by atoms with Gasteiger partial charge in [0.25, 0.3) is 0 Å². The predicted octanol–water partition coefficient (Wildman–Crippen LogP) is 4.27. The molecule has 29 heavy (non-hydrogen) atoms. The van der Waals surface area contributed by atoms with Gasteiger partial charge in [-0.25, -0.2) is 0 Å². The van der Waals surface area contributed by atoms with Gasteiger partial charge in [-0.15, -0.1) is 0 Å². The fraction of sp³-hybridized carbons (Fsp3) is 0.435. The summed E-state index contributed by atoms with van der Waals surface area (Å²) in [6, 6.07) is 13.8. The number of rotatable bonds is 9. The van der Waals surface area contributed by atoms with Crippen LogP contribution in [0.4, 0.5) is 5.69 Å². The summed E-state index contributed by atoms with van der Waals surface area (Å²) in [5, 5.41) is 13.3. The molecule has 0 aliphatic carbocycles. The van der Waals surface area contributed by atoms with Gasteiger partial charge in [-0.2, -0.15) is 0 Å². The minimum atomic E-state index is -0.128. The number of carbonyl (C=O) groups is 1. The summed E-state index contributed by atoms with van der Waals surface area (Å²) in [5.74, 6) is 0.619. The van der Waals surface area contributed by atoms with Crippen LogP contribution in [0.25, 0.3) is 0 Å². The maximum absolute atomic E-state index is 12.4. The van der Waals surface area contributed by atoms with Crippen molar-refractivity contribution in [2.24, 2.45) is 0 Å². The van der Waals surface area contributed by atoms with Crippen molar-refractivity contribution in [1.29, 1.82) is 0 Å². The summed E-state index contributed by atoms with van der Waals surface area (Å²) < 4.78 is 5.48. The first-order valence-corrected chi connectivity index (χ1v) is 10.6. The van der Waals surface area contributed by atoms with Gasteiger partial charge < -0.3 is 15.2 Å². The van der Waals surface area contributed by atoms with E-state index in [1.807, 2.05) is 25.1 Å². The molecule has 1 heterocycles. The number of amides is 1. The maximum Gasteiger partial charge on any atom is 0.225 e. The first-order chi connectivity index (χ1) is 14.1. The third-order valence-electron chi connectivity index (χ3n) is 5.35. The van der Waals surface area contributed by atoms with Crippen molar-refractivity contribution in [3.05, 3.63) is 58.6 Å². The smallest absolute Gasteiger partial charge is 0.225 e. The third-order valence-corrected chi connectivity index (χ3v) is 5.72. The first-order valence-electron chi connectivity index (χ1n) is 10.2. The quantitative estimate of drug-likeness (QED) is 0.641. The average molecular weight is 417 g/mol. The molecule has 0 saturated carbocycles. The summed E-state index contributed by atoms with van der Waals surface area (Å²) in [6.07, 6.45) is 3.63. The minimum absolute atomic E-state index is 0.0264. The number of hydrogen-bond acceptors (Lipinski definition) is 4. The van der Waals surface area contributed by atoms with Crippen LogP contribution in [0.1, 0.15) is 37.3 Å². The second kappa shape index (κ2) is 10.6. The van der Waals surface area contributed by atoms with Gasteiger partial charge in [0, 0.05) is 35.3 Å². The molecular weight excluding hydrogens is 388 g/mol. The Kier molecular flexibility index (Phi) is 7.92. The van der Waals surface area contributed by atoms with E-state index < -0.39 is 0 Å². The number of aliphatic hydroxyl groups is 1. The van der Waals surface area contributed by atoms with Gasteiger partial charge >= 0.3 is 0 Å². The number of nitrogens with one attached hydrogen (secondary N) is 1. The number of carbonyl (C=O) groups excluding carboxylic acids is 1. The lowest BCUT2D eigenvalue weighted by Crippen LogP contribution is -2.33. The van der Waals surface area contributed by atoms with Crippen LogP contribution in [0, 0.1) is 0 Å². The van der Waals surface area contributed by atoms with Crippen molar-refractivity contribution in [2.45, 2.75) is 45.3 Å². The zero-order chi connectivity index (χ0) is 20.6. The van der Waals surface area contributed by atoms with Gasteiger partial charge in [0.05, 0.1) is 13.2 Å². The van der Waals surface area contributed by atoms with Gasteiger partial charge in [-0.1, -0.05) is 29.8 Å². The minimum Gasteiger partial charge on any atom is -0.494 e. The monoisotopic (exact) mass is 416 g/mol. The normalized spacial score (nSPS) is 16.7. The van der Waals surface area contributed by atoms with E-state index in [-0.39, 0.29) is 12.5 Å². The highest BCUT2D eigenvalue weighted by Gasteiger charge is 2.25. The van der Waals surface area contributed by atoms with Crippen molar-refractivity contribution in [3.8, 4) is 5.75 Å². The fourth-order valence-electron chi connectivity index (χ4n) is 3.88. The van der Waals surface area contributed by atoms with E-state index in [0.29, 0.717) is 36.1 Å². The van der Waals surface area contributed by atoms with E-state index in [1.54, 1.807) is 18.2 Å². The summed E-state index contributed by atoms with van der Waals surface area (Å²) in [6.45, 7) is 4.04. The van der Waals surface area contributed by atoms with E-state index >= 15 is 0 Å². The van der Waals surface area contributed by atoms with Crippen LogP contribution in [0.15, 0.2) is 42.5 Å². The van der Waals surface area contributed by atoms with Crippen molar-refractivity contribution in [2.75, 3.05) is 25.0 Å². The number of anilines is 1. The van der Waals surface area contributed by atoms with E-state index in [0.717, 1.165) is 37.4 Å². The fourth-order valence-corrected chi connectivity index (χ4v) is 4.10.